The molecule has 0 atom stereocenters. The molecule has 156 valence electrons. The Morgan fingerprint density at radius 1 is 1.03 bits per heavy atom. The number of carbonyl (C=O) groups excluding carboxylic acids is 1. The first-order valence-electron chi connectivity index (χ1n) is 9.13. The molecule has 3 aromatic rings. The fourth-order valence-electron chi connectivity index (χ4n) is 2.58. The van der Waals surface area contributed by atoms with E-state index in [2.05, 4.69) is 15.0 Å². The van der Waals surface area contributed by atoms with Crippen LogP contribution in [-0.4, -0.2) is 25.9 Å². The maximum absolute atomic E-state index is 13.6. The van der Waals surface area contributed by atoms with Gasteiger partial charge in [-0.15, -0.1) is 0 Å². The minimum absolute atomic E-state index is 0.0855. The van der Waals surface area contributed by atoms with Crippen molar-refractivity contribution in [1.82, 2.24) is 15.0 Å². The molecule has 0 saturated heterocycles. The van der Waals surface area contributed by atoms with Crippen molar-refractivity contribution in [3.63, 3.8) is 0 Å². The molecule has 7 nitrogen and oxygen atoms in total. The molecule has 0 aliphatic carbocycles. The lowest BCUT2D eigenvalue weighted by atomic mass is 10.2. The van der Waals surface area contributed by atoms with E-state index in [4.69, 9.17) is 4.74 Å². The Labute approximate surface area is 174 Å². The summed E-state index contributed by atoms with van der Waals surface area (Å²) in [7, 11) is -4.02. The number of benzene rings is 2. The summed E-state index contributed by atoms with van der Waals surface area (Å²) in [6, 6.07) is 17.6. The molecule has 3 rings (SSSR count). The number of nitrogens with one attached hydrogen (secondary N) is 2. The van der Waals surface area contributed by atoms with Crippen molar-refractivity contribution in [2.24, 2.45) is 0 Å². The molecule has 0 spiro atoms. The smallest absolute Gasteiger partial charge is 0.243 e. The first-order valence-corrected chi connectivity index (χ1v) is 10.6. The van der Waals surface area contributed by atoms with Gasteiger partial charge in [0, 0.05) is 31.8 Å². The SMILES string of the molecule is O=C(CCNS(=O)(=O)c1ccccc1F)NCc1cccc(Oc2ccccn2)c1. The Kier molecular flexibility index (Phi) is 7.10. The van der Waals surface area contributed by atoms with E-state index in [1.807, 2.05) is 12.1 Å². The second-order valence-electron chi connectivity index (χ2n) is 6.27. The van der Waals surface area contributed by atoms with E-state index < -0.39 is 20.7 Å². The number of hydrogen-bond donors (Lipinski definition) is 2. The van der Waals surface area contributed by atoms with Gasteiger partial charge in [0.25, 0.3) is 0 Å². The van der Waals surface area contributed by atoms with E-state index in [-0.39, 0.29) is 25.4 Å². The quantitative estimate of drug-likeness (QED) is 0.545. The maximum atomic E-state index is 13.6. The average molecular weight is 429 g/mol. The second kappa shape index (κ2) is 9.95. The molecule has 1 aromatic heterocycles. The lowest BCUT2D eigenvalue weighted by Gasteiger charge is -2.09. The number of amides is 1. The van der Waals surface area contributed by atoms with E-state index in [0.717, 1.165) is 17.7 Å². The Morgan fingerprint density at radius 3 is 2.60 bits per heavy atom. The van der Waals surface area contributed by atoms with Crippen molar-refractivity contribution in [3.05, 3.63) is 84.3 Å². The molecular formula is C21H20FN3O4S. The van der Waals surface area contributed by atoms with E-state index in [1.165, 1.54) is 12.1 Å². The first kappa shape index (κ1) is 21.4. The summed E-state index contributed by atoms with van der Waals surface area (Å²) in [6.45, 7) is 0.101. The van der Waals surface area contributed by atoms with E-state index in [0.29, 0.717) is 11.6 Å². The molecule has 0 saturated carbocycles. The average Bonchev–Trinajstić information content (AvgIpc) is 2.73. The summed E-state index contributed by atoms with van der Waals surface area (Å²) < 4.78 is 45.7. The van der Waals surface area contributed by atoms with Gasteiger partial charge in [0.15, 0.2) is 0 Å². The van der Waals surface area contributed by atoms with Crippen LogP contribution >= 0.6 is 0 Å². The third kappa shape index (κ3) is 6.10. The van der Waals surface area contributed by atoms with Crippen LogP contribution < -0.4 is 14.8 Å². The van der Waals surface area contributed by atoms with Gasteiger partial charge in [-0.05, 0) is 35.9 Å². The minimum Gasteiger partial charge on any atom is -0.439 e. The van der Waals surface area contributed by atoms with Crippen LogP contribution in [0.1, 0.15) is 12.0 Å². The molecule has 0 unspecified atom stereocenters. The summed E-state index contributed by atoms with van der Waals surface area (Å²) in [6.07, 6.45) is 1.54. The van der Waals surface area contributed by atoms with Gasteiger partial charge in [0.2, 0.25) is 21.8 Å². The fourth-order valence-corrected chi connectivity index (χ4v) is 3.68. The van der Waals surface area contributed by atoms with Crippen molar-refractivity contribution in [2.75, 3.05) is 6.54 Å². The van der Waals surface area contributed by atoms with Crippen LogP contribution in [0.3, 0.4) is 0 Å². The predicted molar refractivity (Wildman–Crippen MR) is 109 cm³/mol. The number of pyridine rings is 1. The predicted octanol–water partition coefficient (Wildman–Crippen LogP) is 3.00. The van der Waals surface area contributed by atoms with Crippen LogP contribution in [0.5, 0.6) is 11.6 Å². The molecule has 0 radical (unpaired) electrons. The van der Waals surface area contributed by atoms with Crippen molar-refractivity contribution < 1.29 is 22.3 Å². The molecule has 1 heterocycles. The summed E-state index contributed by atoms with van der Waals surface area (Å²) in [4.78, 5) is 15.7. The summed E-state index contributed by atoms with van der Waals surface area (Å²) >= 11 is 0. The normalized spacial score (nSPS) is 11.1. The van der Waals surface area contributed by atoms with Crippen LogP contribution in [-0.2, 0) is 21.4 Å². The monoisotopic (exact) mass is 429 g/mol. The van der Waals surface area contributed by atoms with Gasteiger partial charge in [-0.1, -0.05) is 30.3 Å². The van der Waals surface area contributed by atoms with Crippen LogP contribution in [0.4, 0.5) is 4.39 Å². The molecular weight excluding hydrogens is 409 g/mol. The second-order valence-corrected chi connectivity index (χ2v) is 8.01. The van der Waals surface area contributed by atoms with Crippen LogP contribution in [0.25, 0.3) is 0 Å². The van der Waals surface area contributed by atoms with E-state index >= 15 is 0 Å². The molecule has 0 aliphatic heterocycles. The number of ether oxygens (including phenoxy) is 1. The van der Waals surface area contributed by atoms with Crippen molar-refractivity contribution in [3.8, 4) is 11.6 Å². The van der Waals surface area contributed by atoms with Gasteiger partial charge in [-0.25, -0.2) is 22.5 Å². The van der Waals surface area contributed by atoms with Gasteiger partial charge in [-0.3, -0.25) is 4.79 Å². The third-order valence-electron chi connectivity index (χ3n) is 4.02. The lowest BCUT2D eigenvalue weighted by Crippen LogP contribution is -2.31. The Bertz CT molecular complexity index is 1110. The molecule has 2 N–H and O–H groups in total. The van der Waals surface area contributed by atoms with Gasteiger partial charge in [0.05, 0.1) is 0 Å². The molecule has 9 heteroatoms. The molecule has 0 aliphatic rings. The van der Waals surface area contributed by atoms with E-state index in [1.54, 1.807) is 36.5 Å². The van der Waals surface area contributed by atoms with Crippen molar-refractivity contribution in [2.45, 2.75) is 17.9 Å². The molecule has 2 aromatic carbocycles. The van der Waals surface area contributed by atoms with E-state index in [9.17, 15) is 17.6 Å². The van der Waals surface area contributed by atoms with Gasteiger partial charge < -0.3 is 10.1 Å². The number of hydrogen-bond acceptors (Lipinski definition) is 5. The van der Waals surface area contributed by atoms with Crippen LogP contribution in [0, 0.1) is 5.82 Å². The standard InChI is InChI=1S/C21H20FN3O4S/c22-18-8-1-2-9-19(18)30(27,28)25-13-11-20(26)24-15-16-6-5-7-17(14-16)29-21-10-3-4-12-23-21/h1-10,12,14,25H,11,13,15H2,(H,24,26). The summed E-state index contributed by atoms with van der Waals surface area (Å²) in [5.41, 5.74) is 0.809. The fraction of sp³-hybridized carbons (Fsp3) is 0.143. The van der Waals surface area contributed by atoms with Crippen LogP contribution in [0.2, 0.25) is 0 Å². The minimum atomic E-state index is -4.02. The maximum Gasteiger partial charge on any atom is 0.243 e. The topological polar surface area (TPSA) is 97.4 Å². The number of aromatic nitrogens is 1. The van der Waals surface area contributed by atoms with Gasteiger partial charge >= 0.3 is 0 Å². The zero-order chi connectivity index (χ0) is 21.4. The lowest BCUT2D eigenvalue weighted by molar-refractivity contribution is -0.121. The number of nitrogens with zero attached hydrogens (tertiary/aromatic N) is 1. The Morgan fingerprint density at radius 2 is 1.83 bits per heavy atom. The highest BCUT2D eigenvalue weighted by molar-refractivity contribution is 7.89. The zero-order valence-corrected chi connectivity index (χ0v) is 16.7. The Hall–Kier alpha value is -3.30. The number of sulfonamides is 1. The largest absolute Gasteiger partial charge is 0.439 e. The number of rotatable bonds is 9. The Balaban J connectivity index is 1.47. The van der Waals surface area contributed by atoms with Gasteiger partial charge in [-0.2, -0.15) is 0 Å². The highest BCUT2D eigenvalue weighted by Crippen LogP contribution is 2.20. The summed E-state index contributed by atoms with van der Waals surface area (Å²) in [5.74, 6) is -0.150. The zero-order valence-electron chi connectivity index (χ0n) is 15.9. The first-order chi connectivity index (χ1) is 14.4. The highest BCUT2D eigenvalue weighted by Gasteiger charge is 2.18. The molecule has 1 amide bonds. The third-order valence-corrected chi connectivity index (χ3v) is 5.51. The molecule has 0 fully saturated rings. The van der Waals surface area contributed by atoms with Crippen LogP contribution in [0.15, 0.2) is 77.8 Å². The van der Waals surface area contributed by atoms with Crippen molar-refractivity contribution >= 4 is 15.9 Å². The molecule has 30 heavy (non-hydrogen) atoms. The number of carbonyl (C=O) groups is 1. The van der Waals surface area contributed by atoms with Crippen molar-refractivity contribution in [1.29, 1.82) is 0 Å². The molecule has 0 bridgehead atoms. The summed E-state index contributed by atoms with van der Waals surface area (Å²) in [5, 5.41) is 2.71. The van der Waals surface area contributed by atoms with Gasteiger partial charge in [0.1, 0.15) is 16.5 Å². The highest BCUT2D eigenvalue weighted by atomic mass is 32.2. The number of halogens is 1.